The van der Waals surface area contributed by atoms with Crippen LogP contribution in [0.1, 0.15) is 46.2 Å². The molecule has 1 aliphatic rings. The molecule has 0 aliphatic heterocycles. The van der Waals surface area contributed by atoms with E-state index in [2.05, 4.69) is 20.7 Å². The Bertz CT molecular complexity index is 615. The first-order chi connectivity index (χ1) is 12.3. The topological polar surface area (TPSA) is 83.8 Å². The molecular formula is C18H32N6O2. The molecule has 8 nitrogen and oxygen atoms in total. The third-order valence-electron chi connectivity index (χ3n) is 3.93. The van der Waals surface area contributed by atoms with Gasteiger partial charge in [0.05, 0.1) is 12.2 Å². The first-order valence-corrected chi connectivity index (χ1v) is 9.29. The lowest BCUT2D eigenvalue weighted by molar-refractivity contribution is 0.0238. The van der Waals surface area contributed by atoms with Gasteiger partial charge in [-0.05, 0) is 46.6 Å². The van der Waals surface area contributed by atoms with Crippen LogP contribution in [0.15, 0.2) is 17.3 Å². The summed E-state index contributed by atoms with van der Waals surface area (Å²) in [6.45, 7) is 10.2. The lowest BCUT2D eigenvalue weighted by atomic mass is 10.2. The zero-order chi connectivity index (χ0) is 19.2. The highest BCUT2D eigenvalue weighted by atomic mass is 16.6. The van der Waals surface area contributed by atoms with Crippen LogP contribution in [0.5, 0.6) is 0 Å². The monoisotopic (exact) mass is 364 g/mol. The Morgan fingerprint density at radius 2 is 2.15 bits per heavy atom. The fraction of sp³-hybridized carbons (Fsp3) is 0.722. The van der Waals surface area contributed by atoms with Gasteiger partial charge in [0.2, 0.25) is 0 Å². The minimum absolute atomic E-state index is 0.237. The van der Waals surface area contributed by atoms with Crippen LogP contribution in [0.2, 0.25) is 0 Å². The van der Waals surface area contributed by atoms with Crippen molar-refractivity contribution in [1.82, 2.24) is 25.3 Å². The highest BCUT2D eigenvalue weighted by Gasteiger charge is 2.34. The van der Waals surface area contributed by atoms with Crippen LogP contribution in [-0.2, 0) is 18.3 Å². The smallest absolute Gasteiger partial charge is 0.410 e. The molecule has 1 heterocycles. The molecule has 1 amide bonds. The maximum atomic E-state index is 12.4. The summed E-state index contributed by atoms with van der Waals surface area (Å²) < 4.78 is 7.33. The number of ether oxygens (including phenoxy) is 1. The van der Waals surface area contributed by atoms with Crippen molar-refractivity contribution in [2.45, 2.75) is 58.7 Å². The third-order valence-corrected chi connectivity index (χ3v) is 3.93. The lowest BCUT2D eigenvalue weighted by Crippen LogP contribution is -2.45. The second-order valence-electron chi connectivity index (χ2n) is 7.47. The molecule has 0 bridgehead atoms. The fourth-order valence-electron chi connectivity index (χ4n) is 2.48. The molecule has 146 valence electrons. The summed E-state index contributed by atoms with van der Waals surface area (Å²) in [6.07, 6.45) is 3.63. The first-order valence-electron chi connectivity index (χ1n) is 9.29. The average Bonchev–Trinajstić information content (AvgIpc) is 3.29. The minimum Gasteiger partial charge on any atom is -0.444 e. The number of carbonyl (C=O) groups is 1. The van der Waals surface area contributed by atoms with Gasteiger partial charge in [-0.25, -0.2) is 9.79 Å². The average molecular weight is 364 g/mol. The van der Waals surface area contributed by atoms with Crippen LogP contribution in [0, 0.1) is 0 Å². The number of amides is 1. The van der Waals surface area contributed by atoms with E-state index in [-0.39, 0.29) is 6.09 Å². The van der Waals surface area contributed by atoms with Gasteiger partial charge in [-0.15, -0.1) is 0 Å². The lowest BCUT2D eigenvalue weighted by Gasteiger charge is -2.27. The fourth-order valence-corrected chi connectivity index (χ4v) is 2.48. The molecule has 1 fully saturated rings. The zero-order valence-corrected chi connectivity index (χ0v) is 16.6. The Balaban J connectivity index is 1.86. The van der Waals surface area contributed by atoms with E-state index in [1.165, 1.54) is 0 Å². The van der Waals surface area contributed by atoms with Crippen LogP contribution in [-0.4, -0.2) is 58.0 Å². The molecule has 0 saturated heterocycles. The molecule has 0 unspecified atom stereocenters. The number of carbonyl (C=O) groups excluding carboxylic acids is 1. The number of aromatic nitrogens is 2. The molecule has 1 aliphatic carbocycles. The Morgan fingerprint density at radius 3 is 2.69 bits per heavy atom. The van der Waals surface area contributed by atoms with Crippen molar-refractivity contribution < 1.29 is 9.53 Å². The summed E-state index contributed by atoms with van der Waals surface area (Å²) >= 11 is 0. The van der Waals surface area contributed by atoms with E-state index in [9.17, 15) is 4.79 Å². The molecule has 1 aromatic heterocycles. The third kappa shape index (κ3) is 6.57. The van der Waals surface area contributed by atoms with Gasteiger partial charge in [0.25, 0.3) is 0 Å². The highest BCUT2D eigenvalue weighted by Crippen LogP contribution is 2.27. The van der Waals surface area contributed by atoms with Crippen molar-refractivity contribution in [2.24, 2.45) is 12.0 Å². The molecule has 0 spiro atoms. The molecule has 0 aromatic carbocycles. The molecule has 8 heteroatoms. The second-order valence-corrected chi connectivity index (χ2v) is 7.47. The van der Waals surface area contributed by atoms with Crippen molar-refractivity contribution in [1.29, 1.82) is 0 Å². The van der Waals surface area contributed by atoms with Crippen LogP contribution in [0.25, 0.3) is 0 Å². The molecule has 0 atom stereocenters. The van der Waals surface area contributed by atoms with Crippen LogP contribution in [0.4, 0.5) is 4.79 Å². The van der Waals surface area contributed by atoms with Crippen molar-refractivity contribution >= 4 is 12.1 Å². The summed E-state index contributed by atoms with van der Waals surface area (Å²) in [4.78, 5) is 18.8. The Hall–Kier alpha value is -2.25. The summed E-state index contributed by atoms with van der Waals surface area (Å²) in [5.74, 6) is 0.730. The normalized spacial score (nSPS) is 14.9. The van der Waals surface area contributed by atoms with Gasteiger partial charge in [0, 0.05) is 38.9 Å². The summed E-state index contributed by atoms with van der Waals surface area (Å²) in [7, 11) is 1.90. The molecule has 2 N–H and O–H groups in total. The van der Waals surface area contributed by atoms with Crippen LogP contribution < -0.4 is 10.6 Å². The standard InChI is InChI=1S/C18H32N6O2/c1-6-19-16(21-13-15-9-10-22-23(15)5)20-11-12-24(14-7-8-14)17(25)26-18(2,3)4/h9-10,14H,6-8,11-13H2,1-5H3,(H2,19,20,21). The zero-order valence-electron chi connectivity index (χ0n) is 16.6. The number of hydrogen-bond donors (Lipinski definition) is 2. The largest absolute Gasteiger partial charge is 0.444 e. The van der Waals surface area contributed by atoms with E-state index in [4.69, 9.17) is 4.74 Å². The van der Waals surface area contributed by atoms with E-state index in [0.29, 0.717) is 25.7 Å². The molecule has 0 radical (unpaired) electrons. The predicted molar refractivity (Wildman–Crippen MR) is 102 cm³/mol. The molecular weight excluding hydrogens is 332 g/mol. The Kier molecular flexibility index (Phi) is 6.88. The number of aliphatic imine (C=N–C) groups is 1. The van der Waals surface area contributed by atoms with Crippen LogP contribution in [0.3, 0.4) is 0 Å². The van der Waals surface area contributed by atoms with Crippen molar-refractivity contribution in [2.75, 3.05) is 19.6 Å². The Morgan fingerprint density at radius 1 is 1.42 bits per heavy atom. The molecule has 1 aromatic rings. The van der Waals surface area contributed by atoms with Gasteiger partial charge in [-0.1, -0.05) is 0 Å². The SMILES string of the molecule is CCNC(=NCc1ccnn1C)NCCN(C(=O)OC(C)(C)C)C1CC1. The van der Waals surface area contributed by atoms with E-state index in [1.807, 2.05) is 50.4 Å². The van der Waals surface area contributed by atoms with Gasteiger partial charge >= 0.3 is 6.09 Å². The number of rotatable bonds is 7. The summed E-state index contributed by atoms with van der Waals surface area (Å²) in [5.41, 5.74) is 0.563. The highest BCUT2D eigenvalue weighted by molar-refractivity contribution is 5.79. The number of guanidine groups is 1. The summed E-state index contributed by atoms with van der Waals surface area (Å²) in [6, 6.07) is 2.25. The van der Waals surface area contributed by atoms with E-state index in [1.54, 1.807) is 6.20 Å². The second kappa shape index (κ2) is 8.91. The number of aryl methyl sites for hydroxylation is 1. The van der Waals surface area contributed by atoms with Crippen molar-refractivity contribution in [3.8, 4) is 0 Å². The molecule has 26 heavy (non-hydrogen) atoms. The maximum Gasteiger partial charge on any atom is 0.410 e. The van der Waals surface area contributed by atoms with Gasteiger partial charge in [0.15, 0.2) is 5.96 Å². The van der Waals surface area contributed by atoms with E-state index >= 15 is 0 Å². The quantitative estimate of drug-likeness (QED) is 0.570. The van der Waals surface area contributed by atoms with Crippen LogP contribution >= 0.6 is 0 Å². The van der Waals surface area contributed by atoms with Gasteiger partial charge in [-0.2, -0.15) is 5.10 Å². The predicted octanol–water partition coefficient (Wildman–Crippen LogP) is 1.87. The maximum absolute atomic E-state index is 12.4. The molecule has 2 rings (SSSR count). The van der Waals surface area contributed by atoms with Crippen molar-refractivity contribution in [3.63, 3.8) is 0 Å². The number of nitrogens with zero attached hydrogens (tertiary/aromatic N) is 4. The van der Waals surface area contributed by atoms with Crippen molar-refractivity contribution in [3.05, 3.63) is 18.0 Å². The minimum atomic E-state index is -0.475. The van der Waals surface area contributed by atoms with E-state index < -0.39 is 5.60 Å². The van der Waals surface area contributed by atoms with Gasteiger partial charge < -0.3 is 20.3 Å². The molecule has 1 saturated carbocycles. The van der Waals surface area contributed by atoms with Gasteiger partial charge in [-0.3, -0.25) is 4.68 Å². The first kappa shape index (κ1) is 20.1. The van der Waals surface area contributed by atoms with Gasteiger partial charge in [0.1, 0.15) is 5.60 Å². The number of hydrogen-bond acceptors (Lipinski definition) is 4. The Labute approximate surface area is 156 Å². The summed E-state index contributed by atoms with van der Waals surface area (Å²) in [5, 5.41) is 10.7. The van der Waals surface area contributed by atoms with E-state index in [0.717, 1.165) is 31.0 Å². The number of nitrogens with one attached hydrogen (secondary N) is 2.